The summed E-state index contributed by atoms with van der Waals surface area (Å²) in [5.74, 6) is 2.37. The molecule has 0 spiro atoms. The average Bonchev–Trinajstić information content (AvgIpc) is 2.90. The number of ether oxygens (including phenoxy) is 3. The summed E-state index contributed by atoms with van der Waals surface area (Å²) in [7, 11) is 4.71. The summed E-state index contributed by atoms with van der Waals surface area (Å²) in [6, 6.07) is 5.10. The van der Waals surface area contributed by atoms with Crippen LogP contribution in [-0.4, -0.2) is 21.3 Å². The molecule has 0 aliphatic heterocycles. The molecule has 0 fully saturated rings. The molecule has 2 aromatic rings. The molecule has 0 amide bonds. The van der Waals surface area contributed by atoms with E-state index in [1.807, 2.05) is 19.1 Å². The van der Waals surface area contributed by atoms with Crippen molar-refractivity contribution in [3.8, 4) is 17.2 Å². The van der Waals surface area contributed by atoms with Gasteiger partial charge in [-0.3, -0.25) is 0 Å². The number of furan rings is 1. The van der Waals surface area contributed by atoms with Crippen molar-refractivity contribution in [2.45, 2.75) is 13.0 Å². The van der Waals surface area contributed by atoms with E-state index >= 15 is 0 Å². The lowest BCUT2D eigenvalue weighted by Gasteiger charge is -2.19. The van der Waals surface area contributed by atoms with Crippen LogP contribution in [0.15, 0.2) is 28.9 Å². The fraction of sp³-hybridized carbons (Fsp3) is 0.333. The lowest BCUT2D eigenvalue weighted by molar-refractivity contribution is 0.320. The number of benzene rings is 1. The second-order valence-electron chi connectivity index (χ2n) is 4.37. The van der Waals surface area contributed by atoms with Gasteiger partial charge in [0, 0.05) is 5.56 Å². The van der Waals surface area contributed by atoms with E-state index in [9.17, 15) is 0 Å². The Hall–Kier alpha value is -2.14. The van der Waals surface area contributed by atoms with Gasteiger partial charge in [0.1, 0.15) is 5.76 Å². The topological polar surface area (TPSA) is 66.9 Å². The van der Waals surface area contributed by atoms with Crippen molar-refractivity contribution in [1.82, 2.24) is 0 Å². The number of nitrogens with two attached hydrogens (primary N) is 1. The van der Waals surface area contributed by atoms with E-state index < -0.39 is 6.04 Å². The first kappa shape index (κ1) is 14.3. The highest BCUT2D eigenvalue weighted by Gasteiger charge is 2.23. The van der Waals surface area contributed by atoms with Gasteiger partial charge in [-0.1, -0.05) is 0 Å². The summed E-state index contributed by atoms with van der Waals surface area (Å²) in [4.78, 5) is 0. The lowest BCUT2D eigenvalue weighted by atomic mass is 10.0. The van der Waals surface area contributed by atoms with E-state index in [0.717, 1.165) is 11.1 Å². The van der Waals surface area contributed by atoms with E-state index in [4.69, 9.17) is 24.4 Å². The SMILES string of the molecule is COc1ccc(C(N)c2occc2C)c(OC)c1OC. The van der Waals surface area contributed by atoms with Crippen LogP contribution < -0.4 is 19.9 Å². The third kappa shape index (κ3) is 2.32. The molecule has 1 aromatic heterocycles. The fourth-order valence-corrected chi connectivity index (χ4v) is 2.21. The Morgan fingerprint density at radius 3 is 2.20 bits per heavy atom. The molecule has 0 aliphatic carbocycles. The zero-order valence-corrected chi connectivity index (χ0v) is 12.1. The molecule has 1 aromatic carbocycles. The van der Waals surface area contributed by atoms with Crippen LogP contribution in [0.4, 0.5) is 0 Å². The van der Waals surface area contributed by atoms with Crippen molar-refractivity contribution in [3.05, 3.63) is 41.3 Å². The minimum Gasteiger partial charge on any atom is -0.493 e. The molecule has 0 bridgehead atoms. The van der Waals surface area contributed by atoms with Gasteiger partial charge in [0.2, 0.25) is 5.75 Å². The Kier molecular flexibility index (Phi) is 4.20. The van der Waals surface area contributed by atoms with Crippen LogP contribution in [0.25, 0.3) is 0 Å². The molecule has 1 unspecified atom stereocenters. The fourth-order valence-electron chi connectivity index (χ4n) is 2.21. The molecule has 1 atom stereocenters. The molecule has 2 N–H and O–H groups in total. The van der Waals surface area contributed by atoms with Crippen molar-refractivity contribution < 1.29 is 18.6 Å². The van der Waals surface area contributed by atoms with Gasteiger partial charge in [-0.15, -0.1) is 0 Å². The first-order valence-electron chi connectivity index (χ1n) is 6.22. The summed E-state index contributed by atoms with van der Waals surface area (Å²) in [6.07, 6.45) is 1.62. The van der Waals surface area contributed by atoms with Gasteiger partial charge in [0.05, 0.1) is 33.6 Å². The highest BCUT2D eigenvalue weighted by atomic mass is 16.5. The molecule has 5 heteroatoms. The van der Waals surface area contributed by atoms with Gasteiger partial charge in [-0.2, -0.15) is 0 Å². The summed E-state index contributed by atoms with van der Waals surface area (Å²) in [5, 5.41) is 0. The Balaban J connectivity index is 2.54. The van der Waals surface area contributed by atoms with Crippen molar-refractivity contribution in [3.63, 3.8) is 0 Å². The van der Waals surface area contributed by atoms with Gasteiger partial charge in [0.25, 0.3) is 0 Å². The minimum atomic E-state index is -0.431. The summed E-state index contributed by atoms with van der Waals surface area (Å²) < 4.78 is 21.5. The Morgan fingerprint density at radius 2 is 1.70 bits per heavy atom. The van der Waals surface area contributed by atoms with Gasteiger partial charge in [0.15, 0.2) is 11.5 Å². The largest absolute Gasteiger partial charge is 0.493 e. The predicted molar refractivity (Wildman–Crippen MR) is 75.6 cm³/mol. The van der Waals surface area contributed by atoms with Crippen LogP contribution in [0.2, 0.25) is 0 Å². The number of methoxy groups -OCH3 is 3. The van der Waals surface area contributed by atoms with Gasteiger partial charge in [-0.05, 0) is 30.7 Å². The molecule has 0 saturated heterocycles. The standard InChI is InChI=1S/C15H19NO4/c1-9-7-8-20-13(9)12(16)10-5-6-11(17-2)15(19-4)14(10)18-3/h5-8,12H,16H2,1-4H3. The van der Waals surface area contributed by atoms with Gasteiger partial charge >= 0.3 is 0 Å². The summed E-state index contributed by atoms with van der Waals surface area (Å²) in [5.41, 5.74) is 8.06. The normalized spacial score (nSPS) is 12.1. The van der Waals surface area contributed by atoms with Crippen LogP contribution in [0.3, 0.4) is 0 Å². The van der Waals surface area contributed by atoms with Crippen LogP contribution in [0.1, 0.15) is 22.9 Å². The van der Waals surface area contributed by atoms with Crippen LogP contribution in [0.5, 0.6) is 17.2 Å². The molecule has 2 rings (SSSR count). The molecule has 0 aliphatic rings. The Labute approximate surface area is 118 Å². The minimum absolute atomic E-state index is 0.431. The Bertz CT molecular complexity index is 592. The van der Waals surface area contributed by atoms with Crippen molar-refractivity contribution in [2.24, 2.45) is 5.73 Å². The molecule has 5 nitrogen and oxygen atoms in total. The quantitative estimate of drug-likeness (QED) is 0.910. The third-order valence-corrected chi connectivity index (χ3v) is 3.25. The number of rotatable bonds is 5. The monoisotopic (exact) mass is 277 g/mol. The maximum atomic E-state index is 6.28. The molecule has 0 radical (unpaired) electrons. The third-order valence-electron chi connectivity index (χ3n) is 3.25. The second-order valence-corrected chi connectivity index (χ2v) is 4.37. The number of aryl methyl sites for hydroxylation is 1. The number of hydrogen-bond acceptors (Lipinski definition) is 5. The highest BCUT2D eigenvalue weighted by Crippen LogP contribution is 2.43. The average molecular weight is 277 g/mol. The van der Waals surface area contributed by atoms with E-state index in [2.05, 4.69) is 0 Å². The van der Waals surface area contributed by atoms with Crippen molar-refractivity contribution in [1.29, 1.82) is 0 Å². The molecular formula is C15H19NO4. The molecular weight excluding hydrogens is 258 g/mol. The maximum absolute atomic E-state index is 6.28. The predicted octanol–water partition coefficient (Wildman–Crippen LogP) is 2.66. The van der Waals surface area contributed by atoms with E-state index in [1.54, 1.807) is 33.7 Å². The van der Waals surface area contributed by atoms with Crippen molar-refractivity contribution in [2.75, 3.05) is 21.3 Å². The Morgan fingerprint density at radius 1 is 1.00 bits per heavy atom. The molecule has 1 heterocycles. The van der Waals surface area contributed by atoms with Crippen LogP contribution >= 0.6 is 0 Å². The van der Waals surface area contributed by atoms with E-state index in [0.29, 0.717) is 23.0 Å². The van der Waals surface area contributed by atoms with Crippen LogP contribution in [-0.2, 0) is 0 Å². The lowest BCUT2D eigenvalue weighted by Crippen LogP contribution is -2.14. The van der Waals surface area contributed by atoms with E-state index in [-0.39, 0.29) is 0 Å². The molecule has 20 heavy (non-hydrogen) atoms. The van der Waals surface area contributed by atoms with Gasteiger partial charge < -0.3 is 24.4 Å². The van der Waals surface area contributed by atoms with Gasteiger partial charge in [-0.25, -0.2) is 0 Å². The smallest absolute Gasteiger partial charge is 0.203 e. The first-order chi connectivity index (χ1) is 9.63. The van der Waals surface area contributed by atoms with Crippen LogP contribution in [0, 0.1) is 6.92 Å². The summed E-state index contributed by atoms with van der Waals surface area (Å²) >= 11 is 0. The second kappa shape index (κ2) is 5.88. The molecule has 108 valence electrons. The molecule has 0 saturated carbocycles. The maximum Gasteiger partial charge on any atom is 0.203 e. The van der Waals surface area contributed by atoms with Crippen molar-refractivity contribution >= 4 is 0 Å². The zero-order valence-electron chi connectivity index (χ0n) is 12.1. The summed E-state index contributed by atoms with van der Waals surface area (Å²) in [6.45, 7) is 1.95. The van der Waals surface area contributed by atoms with E-state index in [1.165, 1.54) is 0 Å². The first-order valence-corrected chi connectivity index (χ1v) is 6.22. The highest BCUT2D eigenvalue weighted by molar-refractivity contribution is 5.57. The number of hydrogen-bond donors (Lipinski definition) is 1. The zero-order chi connectivity index (χ0) is 14.7.